The fraction of sp³-hybridized carbons (Fsp3) is 0.450. The van der Waals surface area contributed by atoms with Crippen LogP contribution in [0.1, 0.15) is 6.42 Å². The van der Waals surface area contributed by atoms with E-state index in [2.05, 4.69) is 16.8 Å². The molecule has 0 aliphatic carbocycles. The predicted octanol–water partition coefficient (Wildman–Crippen LogP) is 0.188. The highest BCUT2D eigenvalue weighted by Crippen LogP contribution is 2.11. The van der Waals surface area contributed by atoms with Crippen molar-refractivity contribution in [2.24, 2.45) is 0 Å². The molecule has 0 bridgehead atoms. The molecule has 1 aromatic heterocycles. The molecule has 0 saturated carbocycles. The van der Waals surface area contributed by atoms with Gasteiger partial charge in [0.25, 0.3) is 0 Å². The lowest BCUT2D eigenvalue weighted by molar-refractivity contribution is -0.121. The molecule has 0 unspecified atom stereocenters. The van der Waals surface area contributed by atoms with Crippen LogP contribution in [-0.4, -0.2) is 59.3 Å². The summed E-state index contributed by atoms with van der Waals surface area (Å²) in [5, 5.41) is 2.88. The van der Waals surface area contributed by atoms with Gasteiger partial charge in [-0.15, -0.1) is 6.58 Å². The predicted molar refractivity (Wildman–Crippen MR) is 108 cm³/mol. The highest BCUT2D eigenvalue weighted by atomic mass is 16.5. The van der Waals surface area contributed by atoms with Crippen LogP contribution in [0, 0.1) is 0 Å². The molecule has 1 saturated heterocycles. The number of hydrogen-bond donors (Lipinski definition) is 1. The number of carbonyl (C=O) groups is 1. The van der Waals surface area contributed by atoms with Crippen molar-refractivity contribution in [3.8, 4) is 0 Å². The number of amides is 1. The summed E-state index contributed by atoms with van der Waals surface area (Å²) < 4.78 is 8.09. The summed E-state index contributed by atoms with van der Waals surface area (Å²) in [6.45, 7) is 8.58. The van der Waals surface area contributed by atoms with Gasteiger partial charge in [0.1, 0.15) is 0 Å². The molecular weight excluding hydrogens is 360 g/mol. The molecule has 3 rings (SSSR count). The summed E-state index contributed by atoms with van der Waals surface area (Å²) in [4.78, 5) is 39.4. The van der Waals surface area contributed by atoms with Crippen molar-refractivity contribution in [3.63, 3.8) is 0 Å². The number of nitrogens with one attached hydrogen (secondary N) is 1. The first-order valence-corrected chi connectivity index (χ1v) is 9.52. The van der Waals surface area contributed by atoms with Gasteiger partial charge in [-0.05, 0) is 12.1 Å². The van der Waals surface area contributed by atoms with E-state index in [4.69, 9.17) is 4.74 Å². The van der Waals surface area contributed by atoms with E-state index in [1.807, 2.05) is 12.1 Å². The monoisotopic (exact) mass is 386 g/mol. The second kappa shape index (κ2) is 9.48. The summed E-state index contributed by atoms with van der Waals surface area (Å²) in [7, 11) is 0. The zero-order valence-corrected chi connectivity index (χ0v) is 15.9. The van der Waals surface area contributed by atoms with Crippen LogP contribution >= 0.6 is 0 Å². The maximum atomic E-state index is 12.6. The zero-order valence-electron chi connectivity index (χ0n) is 15.9. The molecule has 1 amide bonds. The lowest BCUT2D eigenvalue weighted by Crippen LogP contribution is -2.43. The summed E-state index contributed by atoms with van der Waals surface area (Å²) >= 11 is 0. The Morgan fingerprint density at radius 1 is 1.07 bits per heavy atom. The summed E-state index contributed by atoms with van der Waals surface area (Å²) in [6, 6.07) is 7.20. The molecule has 1 aliphatic rings. The number of hydrogen-bond acceptors (Lipinski definition) is 5. The van der Waals surface area contributed by atoms with Crippen LogP contribution in [0.2, 0.25) is 0 Å². The number of nitrogens with zero attached hydrogens (tertiary/aromatic N) is 3. The fourth-order valence-electron chi connectivity index (χ4n) is 3.38. The second-order valence-corrected chi connectivity index (χ2v) is 6.70. The first-order valence-electron chi connectivity index (χ1n) is 9.52. The zero-order chi connectivity index (χ0) is 19.9. The van der Waals surface area contributed by atoms with Gasteiger partial charge in [0, 0.05) is 45.7 Å². The molecular formula is C20H26N4O4. The number of ether oxygens (including phenoxy) is 1. The molecule has 8 nitrogen and oxygen atoms in total. The third-order valence-electron chi connectivity index (χ3n) is 4.86. The van der Waals surface area contributed by atoms with Crippen molar-refractivity contribution in [1.82, 2.24) is 19.4 Å². The molecule has 0 atom stereocenters. The van der Waals surface area contributed by atoms with Gasteiger partial charge in [0.2, 0.25) is 5.91 Å². The largest absolute Gasteiger partial charge is 0.379 e. The smallest absolute Gasteiger partial charge is 0.317 e. The summed E-state index contributed by atoms with van der Waals surface area (Å²) in [5.74, 6) is -0.139. The molecule has 28 heavy (non-hydrogen) atoms. The van der Waals surface area contributed by atoms with E-state index >= 15 is 0 Å². The Morgan fingerprint density at radius 3 is 2.39 bits per heavy atom. The minimum atomic E-state index is -0.623. The molecule has 0 spiro atoms. The molecule has 0 radical (unpaired) electrons. The average molecular weight is 386 g/mol. The van der Waals surface area contributed by atoms with Crippen LogP contribution in [0.4, 0.5) is 0 Å². The Kier molecular flexibility index (Phi) is 6.78. The molecule has 8 heteroatoms. The minimum Gasteiger partial charge on any atom is -0.379 e. The lowest BCUT2D eigenvalue weighted by Gasteiger charge is -2.26. The topological polar surface area (TPSA) is 85.6 Å². The number of fused-ring (bicyclic) bond motifs is 1. The Labute approximate surface area is 163 Å². The van der Waals surface area contributed by atoms with Crippen molar-refractivity contribution >= 4 is 16.9 Å². The van der Waals surface area contributed by atoms with Gasteiger partial charge in [0.15, 0.2) is 0 Å². The van der Waals surface area contributed by atoms with E-state index in [1.54, 1.807) is 18.2 Å². The van der Waals surface area contributed by atoms with E-state index in [0.717, 1.165) is 32.8 Å². The van der Waals surface area contributed by atoms with Crippen molar-refractivity contribution < 1.29 is 9.53 Å². The standard InChI is InChI=1S/C20H26N4O4/c1-2-9-23-16-5-3-4-6-17(16)24(20(27)19(23)26)10-7-18(25)21-8-11-22-12-14-28-15-13-22/h2-6H,1,7-15H2,(H,21,25). The molecule has 150 valence electrons. The first kappa shape index (κ1) is 20.0. The van der Waals surface area contributed by atoms with Gasteiger partial charge < -0.3 is 14.6 Å². The molecule has 1 N–H and O–H groups in total. The Bertz CT molecular complexity index is 957. The number of carbonyl (C=O) groups excluding carboxylic acids is 1. The van der Waals surface area contributed by atoms with Crippen molar-refractivity contribution in [1.29, 1.82) is 0 Å². The number of aromatic nitrogens is 2. The van der Waals surface area contributed by atoms with Crippen LogP contribution in [-0.2, 0) is 22.6 Å². The van der Waals surface area contributed by atoms with Crippen molar-refractivity contribution in [2.75, 3.05) is 39.4 Å². The van der Waals surface area contributed by atoms with Crippen LogP contribution in [0.25, 0.3) is 11.0 Å². The Hall–Kier alpha value is -2.71. The van der Waals surface area contributed by atoms with E-state index in [0.29, 0.717) is 17.6 Å². The van der Waals surface area contributed by atoms with E-state index in [1.165, 1.54) is 9.13 Å². The van der Waals surface area contributed by atoms with E-state index in [9.17, 15) is 14.4 Å². The maximum Gasteiger partial charge on any atom is 0.317 e. The number of para-hydroxylation sites is 2. The summed E-state index contributed by atoms with van der Waals surface area (Å²) in [6.07, 6.45) is 1.72. The number of aryl methyl sites for hydroxylation is 1. The maximum absolute atomic E-state index is 12.6. The van der Waals surface area contributed by atoms with Crippen molar-refractivity contribution in [2.45, 2.75) is 19.5 Å². The number of benzene rings is 1. The van der Waals surface area contributed by atoms with Gasteiger partial charge in [-0.2, -0.15) is 0 Å². The molecule has 1 fully saturated rings. The van der Waals surface area contributed by atoms with Gasteiger partial charge in [-0.1, -0.05) is 18.2 Å². The van der Waals surface area contributed by atoms with Gasteiger partial charge in [0.05, 0.1) is 24.2 Å². The Morgan fingerprint density at radius 2 is 1.71 bits per heavy atom. The SMILES string of the molecule is C=CCn1c(=O)c(=O)n(CCC(=O)NCCN2CCOCC2)c2ccccc21. The van der Waals surface area contributed by atoms with Gasteiger partial charge >= 0.3 is 11.1 Å². The minimum absolute atomic E-state index is 0.137. The average Bonchev–Trinajstić information content (AvgIpc) is 2.72. The second-order valence-electron chi connectivity index (χ2n) is 6.70. The molecule has 2 aromatic rings. The van der Waals surface area contributed by atoms with Crippen LogP contribution in [0.5, 0.6) is 0 Å². The lowest BCUT2D eigenvalue weighted by atomic mass is 10.2. The first-order chi connectivity index (χ1) is 13.6. The van der Waals surface area contributed by atoms with Crippen LogP contribution < -0.4 is 16.4 Å². The fourth-order valence-corrected chi connectivity index (χ4v) is 3.38. The molecule has 1 aliphatic heterocycles. The van der Waals surface area contributed by atoms with Crippen LogP contribution in [0.3, 0.4) is 0 Å². The summed E-state index contributed by atoms with van der Waals surface area (Å²) in [5.41, 5.74) is 0.0581. The highest BCUT2D eigenvalue weighted by Gasteiger charge is 2.14. The Balaban J connectivity index is 1.67. The van der Waals surface area contributed by atoms with E-state index in [-0.39, 0.29) is 25.4 Å². The number of morpholine rings is 1. The van der Waals surface area contributed by atoms with Gasteiger partial charge in [-0.3, -0.25) is 23.9 Å². The van der Waals surface area contributed by atoms with Crippen LogP contribution in [0.15, 0.2) is 46.5 Å². The third kappa shape index (κ3) is 4.58. The van der Waals surface area contributed by atoms with E-state index < -0.39 is 11.1 Å². The quantitative estimate of drug-likeness (QED) is 0.517. The number of rotatable bonds is 8. The third-order valence-corrected chi connectivity index (χ3v) is 4.86. The molecule has 2 heterocycles. The normalized spacial score (nSPS) is 14.9. The highest BCUT2D eigenvalue weighted by molar-refractivity contribution is 5.77. The molecule has 1 aromatic carbocycles. The number of allylic oxidation sites excluding steroid dienone is 1. The van der Waals surface area contributed by atoms with Crippen molar-refractivity contribution in [3.05, 3.63) is 57.6 Å². The van der Waals surface area contributed by atoms with Gasteiger partial charge in [-0.25, -0.2) is 0 Å².